The standard InChI is InChI=1S/C13H15N3O4/c1-14(6-8-15-10(17)2-3-11(15)18)7-9-16-12(19)4-5-13(16)20/h2-5H,6-9H2,1H3. The average molecular weight is 277 g/mol. The molecule has 0 atom stereocenters. The molecule has 106 valence electrons. The lowest BCUT2D eigenvalue weighted by atomic mass is 10.4. The van der Waals surface area contributed by atoms with E-state index in [1.54, 1.807) is 7.05 Å². The molecule has 0 N–H and O–H groups in total. The first-order chi connectivity index (χ1) is 9.49. The maximum Gasteiger partial charge on any atom is 0.253 e. The Morgan fingerprint density at radius 1 is 0.750 bits per heavy atom. The summed E-state index contributed by atoms with van der Waals surface area (Å²) >= 11 is 0. The van der Waals surface area contributed by atoms with Gasteiger partial charge >= 0.3 is 0 Å². The molecule has 0 saturated heterocycles. The molecule has 7 heteroatoms. The minimum absolute atomic E-state index is 0.293. The lowest BCUT2D eigenvalue weighted by molar-refractivity contribution is -0.137. The number of carbonyl (C=O) groups excluding carboxylic acids is 4. The van der Waals surface area contributed by atoms with E-state index in [4.69, 9.17) is 0 Å². The van der Waals surface area contributed by atoms with E-state index < -0.39 is 0 Å². The van der Waals surface area contributed by atoms with Crippen LogP contribution in [0.5, 0.6) is 0 Å². The van der Waals surface area contributed by atoms with E-state index in [0.29, 0.717) is 26.2 Å². The third kappa shape index (κ3) is 3.00. The van der Waals surface area contributed by atoms with E-state index in [2.05, 4.69) is 0 Å². The molecule has 0 saturated carbocycles. The Labute approximate surface area is 116 Å². The molecule has 0 bridgehead atoms. The SMILES string of the molecule is CN(CCN1C(=O)C=CC1=O)CCN1C(=O)C=CC1=O. The van der Waals surface area contributed by atoms with Crippen molar-refractivity contribution in [2.45, 2.75) is 0 Å². The quantitative estimate of drug-likeness (QED) is 0.568. The number of rotatable bonds is 6. The molecule has 0 fully saturated rings. The first kappa shape index (κ1) is 14.1. The zero-order valence-electron chi connectivity index (χ0n) is 11.1. The van der Waals surface area contributed by atoms with Crippen molar-refractivity contribution in [3.8, 4) is 0 Å². The topological polar surface area (TPSA) is 78.0 Å². The van der Waals surface area contributed by atoms with Crippen molar-refractivity contribution in [1.82, 2.24) is 14.7 Å². The van der Waals surface area contributed by atoms with Crippen molar-refractivity contribution in [3.63, 3.8) is 0 Å². The summed E-state index contributed by atoms with van der Waals surface area (Å²) in [4.78, 5) is 49.5. The van der Waals surface area contributed by atoms with E-state index in [9.17, 15) is 19.2 Å². The number of hydrogen-bond donors (Lipinski definition) is 0. The van der Waals surface area contributed by atoms with Gasteiger partial charge in [-0.2, -0.15) is 0 Å². The predicted octanol–water partition coefficient (Wildman–Crippen LogP) is -1.23. The summed E-state index contributed by atoms with van der Waals surface area (Å²) in [5.74, 6) is -1.23. The van der Waals surface area contributed by atoms with E-state index in [0.717, 1.165) is 9.80 Å². The molecule has 0 aromatic heterocycles. The molecule has 0 radical (unpaired) electrons. The Balaban J connectivity index is 1.72. The van der Waals surface area contributed by atoms with Gasteiger partial charge in [-0.15, -0.1) is 0 Å². The summed E-state index contributed by atoms with van der Waals surface area (Å²) in [7, 11) is 1.80. The summed E-state index contributed by atoms with van der Waals surface area (Å²) in [5, 5.41) is 0. The summed E-state index contributed by atoms with van der Waals surface area (Å²) in [5.41, 5.74) is 0. The maximum absolute atomic E-state index is 11.3. The van der Waals surface area contributed by atoms with Crippen LogP contribution in [0.1, 0.15) is 0 Å². The van der Waals surface area contributed by atoms with Gasteiger partial charge in [0.05, 0.1) is 0 Å². The van der Waals surface area contributed by atoms with Gasteiger partial charge in [-0.3, -0.25) is 29.0 Å². The van der Waals surface area contributed by atoms with Gasteiger partial charge in [-0.25, -0.2) is 0 Å². The van der Waals surface area contributed by atoms with Gasteiger partial charge in [0.1, 0.15) is 0 Å². The van der Waals surface area contributed by atoms with E-state index in [-0.39, 0.29) is 23.6 Å². The van der Waals surface area contributed by atoms with Gasteiger partial charge in [-0.05, 0) is 7.05 Å². The first-order valence-corrected chi connectivity index (χ1v) is 6.24. The fraction of sp³-hybridized carbons (Fsp3) is 0.385. The Morgan fingerprint density at radius 3 is 1.35 bits per heavy atom. The highest BCUT2D eigenvalue weighted by atomic mass is 16.2. The van der Waals surface area contributed by atoms with Gasteiger partial charge in [0.15, 0.2) is 0 Å². The van der Waals surface area contributed by atoms with Gasteiger partial charge in [-0.1, -0.05) is 0 Å². The normalized spacial score (nSPS) is 18.3. The van der Waals surface area contributed by atoms with Crippen molar-refractivity contribution < 1.29 is 19.2 Å². The summed E-state index contributed by atoms with van der Waals surface area (Å²) in [6.07, 6.45) is 4.98. The smallest absolute Gasteiger partial charge is 0.253 e. The number of carbonyl (C=O) groups is 4. The Morgan fingerprint density at radius 2 is 1.05 bits per heavy atom. The average Bonchev–Trinajstić information content (AvgIpc) is 2.89. The van der Waals surface area contributed by atoms with Crippen molar-refractivity contribution >= 4 is 23.6 Å². The van der Waals surface area contributed by atoms with Crippen LogP contribution < -0.4 is 0 Å². The molecule has 20 heavy (non-hydrogen) atoms. The second-order valence-electron chi connectivity index (χ2n) is 4.63. The lowest BCUT2D eigenvalue weighted by Gasteiger charge is -2.22. The van der Waals surface area contributed by atoms with Gasteiger partial charge in [0.25, 0.3) is 23.6 Å². The number of nitrogens with zero attached hydrogens (tertiary/aromatic N) is 3. The zero-order valence-corrected chi connectivity index (χ0v) is 11.1. The number of imide groups is 2. The van der Waals surface area contributed by atoms with Gasteiger partial charge in [0.2, 0.25) is 0 Å². The summed E-state index contributed by atoms with van der Waals surface area (Å²) < 4.78 is 0. The molecule has 2 heterocycles. The van der Waals surface area contributed by atoms with Crippen molar-refractivity contribution in [2.75, 3.05) is 33.2 Å². The van der Waals surface area contributed by atoms with Crippen molar-refractivity contribution in [2.24, 2.45) is 0 Å². The molecule has 2 aliphatic heterocycles. The maximum atomic E-state index is 11.3. The fourth-order valence-corrected chi connectivity index (χ4v) is 1.96. The van der Waals surface area contributed by atoms with Gasteiger partial charge < -0.3 is 4.90 Å². The van der Waals surface area contributed by atoms with Crippen LogP contribution in [0.25, 0.3) is 0 Å². The predicted molar refractivity (Wildman–Crippen MR) is 69.2 cm³/mol. The molecule has 0 spiro atoms. The Bertz CT molecular complexity index is 442. The highest BCUT2D eigenvalue weighted by Gasteiger charge is 2.25. The molecule has 4 amide bonds. The minimum Gasteiger partial charge on any atom is -0.303 e. The molecule has 2 rings (SSSR count). The summed E-state index contributed by atoms with van der Waals surface area (Å²) in [6.45, 7) is 1.56. The molecular weight excluding hydrogens is 262 g/mol. The zero-order chi connectivity index (χ0) is 14.7. The third-order valence-corrected chi connectivity index (χ3v) is 3.21. The fourth-order valence-electron chi connectivity index (χ4n) is 1.96. The van der Waals surface area contributed by atoms with Crippen molar-refractivity contribution in [1.29, 1.82) is 0 Å². The van der Waals surface area contributed by atoms with Crippen LogP contribution in [-0.2, 0) is 19.2 Å². The van der Waals surface area contributed by atoms with E-state index in [1.807, 2.05) is 4.90 Å². The van der Waals surface area contributed by atoms with Crippen LogP contribution in [-0.4, -0.2) is 71.6 Å². The van der Waals surface area contributed by atoms with Crippen LogP contribution in [0, 0.1) is 0 Å². The van der Waals surface area contributed by atoms with Crippen LogP contribution in [0.4, 0.5) is 0 Å². The van der Waals surface area contributed by atoms with Crippen LogP contribution in [0.3, 0.4) is 0 Å². The van der Waals surface area contributed by atoms with Crippen LogP contribution in [0.15, 0.2) is 24.3 Å². The highest BCUT2D eigenvalue weighted by molar-refractivity contribution is 6.13. The third-order valence-electron chi connectivity index (χ3n) is 3.21. The minimum atomic E-state index is -0.308. The van der Waals surface area contributed by atoms with Crippen LogP contribution >= 0.6 is 0 Å². The van der Waals surface area contributed by atoms with Gasteiger partial charge in [0, 0.05) is 50.5 Å². The molecule has 7 nitrogen and oxygen atoms in total. The molecule has 2 aliphatic rings. The number of amides is 4. The number of likely N-dealkylation sites (N-methyl/N-ethyl adjacent to an activating group) is 1. The van der Waals surface area contributed by atoms with Crippen LogP contribution in [0.2, 0.25) is 0 Å². The Kier molecular flexibility index (Phi) is 4.09. The first-order valence-electron chi connectivity index (χ1n) is 6.24. The number of hydrogen-bond acceptors (Lipinski definition) is 5. The Hall–Kier alpha value is -2.28. The molecule has 0 aliphatic carbocycles. The monoisotopic (exact) mass is 277 g/mol. The molecule has 0 aromatic carbocycles. The van der Waals surface area contributed by atoms with Crippen molar-refractivity contribution in [3.05, 3.63) is 24.3 Å². The largest absolute Gasteiger partial charge is 0.303 e. The molecule has 0 aromatic rings. The van der Waals surface area contributed by atoms with E-state index in [1.165, 1.54) is 24.3 Å². The highest BCUT2D eigenvalue weighted by Crippen LogP contribution is 2.05. The summed E-state index contributed by atoms with van der Waals surface area (Å²) in [6, 6.07) is 0. The second-order valence-corrected chi connectivity index (χ2v) is 4.63. The molecule has 0 unspecified atom stereocenters. The lowest BCUT2D eigenvalue weighted by Crippen LogP contribution is -2.41. The van der Waals surface area contributed by atoms with E-state index >= 15 is 0 Å². The second kappa shape index (κ2) is 5.79. The molecular formula is C13H15N3O4.